The van der Waals surface area contributed by atoms with E-state index < -0.39 is 0 Å². The fourth-order valence-electron chi connectivity index (χ4n) is 2.62. The number of benzene rings is 2. The zero-order chi connectivity index (χ0) is 21.5. The number of methoxy groups -OCH3 is 1. The Hall–Kier alpha value is -3.16. The molecule has 0 aliphatic carbocycles. The molecule has 30 heavy (non-hydrogen) atoms. The summed E-state index contributed by atoms with van der Waals surface area (Å²) in [5.41, 5.74) is 1.65. The molecule has 0 bridgehead atoms. The smallest absolute Gasteiger partial charge is 0.255 e. The summed E-state index contributed by atoms with van der Waals surface area (Å²) in [5, 5.41) is 5.52. The van der Waals surface area contributed by atoms with E-state index in [9.17, 15) is 14.4 Å². The van der Waals surface area contributed by atoms with Gasteiger partial charge in [0.05, 0.1) is 16.3 Å². The molecule has 1 aromatic heterocycles. The van der Waals surface area contributed by atoms with E-state index >= 15 is 0 Å². The topological polar surface area (TPSA) is 84.5 Å². The first-order valence-electron chi connectivity index (χ1n) is 9.08. The zero-order valence-electron chi connectivity index (χ0n) is 16.1. The van der Waals surface area contributed by atoms with Gasteiger partial charge in [0.2, 0.25) is 5.91 Å². The number of carbonyl (C=O) groups excluding carboxylic acids is 3. The number of hydrogen-bond donors (Lipinski definition) is 2. The molecule has 2 amide bonds. The number of Topliss-reactive ketones (excluding diaryl/α,β-unsaturated/α-hetero) is 1. The Bertz CT molecular complexity index is 1050. The van der Waals surface area contributed by atoms with Crippen LogP contribution in [0.4, 0.5) is 11.4 Å². The highest BCUT2D eigenvalue weighted by molar-refractivity contribution is 7.18. The second kappa shape index (κ2) is 10.0. The summed E-state index contributed by atoms with van der Waals surface area (Å²) in [5.74, 6) is 0.0428. The molecular formula is C22H19ClN2O4S. The van der Waals surface area contributed by atoms with E-state index in [0.717, 1.165) is 0 Å². The number of anilines is 2. The van der Waals surface area contributed by atoms with Crippen molar-refractivity contribution in [1.82, 2.24) is 0 Å². The zero-order valence-corrected chi connectivity index (χ0v) is 17.7. The summed E-state index contributed by atoms with van der Waals surface area (Å²) >= 11 is 7.02. The molecule has 0 saturated carbocycles. The van der Waals surface area contributed by atoms with Crippen molar-refractivity contribution in [2.24, 2.45) is 0 Å². The minimum Gasteiger partial charge on any atom is -0.497 e. The van der Waals surface area contributed by atoms with Crippen LogP contribution in [0.1, 0.15) is 32.9 Å². The van der Waals surface area contributed by atoms with E-state index in [-0.39, 0.29) is 30.4 Å². The molecule has 154 valence electrons. The number of hydrogen-bond acceptors (Lipinski definition) is 5. The number of amides is 2. The third-order valence-electron chi connectivity index (χ3n) is 4.21. The maximum Gasteiger partial charge on any atom is 0.255 e. The number of rotatable bonds is 8. The van der Waals surface area contributed by atoms with Crippen molar-refractivity contribution in [1.29, 1.82) is 0 Å². The minimum absolute atomic E-state index is 0.0636. The van der Waals surface area contributed by atoms with Gasteiger partial charge < -0.3 is 15.4 Å². The van der Waals surface area contributed by atoms with Crippen molar-refractivity contribution < 1.29 is 19.1 Å². The van der Waals surface area contributed by atoms with Gasteiger partial charge in [-0.2, -0.15) is 0 Å². The first kappa shape index (κ1) is 21.5. The standard InChI is InChI=1S/C22H19ClN2O4S/c1-29-17-8-6-16(7-9-17)25-22(28)14-2-4-15(5-3-14)24-21(27)13-10-18(26)19-11-12-20(23)30-19/h2-9,11-12H,10,13H2,1H3,(H,24,27)(H,25,28). The van der Waals surface area contributed by atoms with Gasteiger partial charge in [0.15, 0.2) is 5.78 Å². The molecule has 2 aromatic carbocycles. The molecule has 3 rings (SSSR count). The third kappa shape index (κ3) is 5.92. The summed E-state index contributed by atoms with van der Waals surface area (Å²) in [6, 6.07) is 16.8. The molecule has 0 fully saturated rings. The monoisotopic (exact) mass is 442 g/mol. The molecule has 0 aliphatic heterocycles. The number of ketones is 1. The Labute approximate surface area is 182 Å². The van der Waals surface area contributed by atoms with E-state index in [1.54, 1.807) is 67.8 Å². The predicted octanol–water partition coefficient (Wildman–Crippen LogP) is 5.26. The maximum atomic E-state index is 12.3. The molecule has 3 aromatic rings. The van der Waals surface area contributed by atoms with E-state index in [1.165, 1.54) is 11.3 Å². The molecule has 0 atom stereocenters. The van der Waals surface area contributed by atoms with Crippen LogP contribution in [-0.4, -0.2) is 24.7 Å². The highest BCUT2D eigenvalue weighted by atomic mass is 35.5. The first-order valence-corrected chi connectivity index (χ1v) is 10.3. The van der Waals surface area contributed by atoms with Crippen molar-refractivity contribution in [2.75, 3.05) is 17.7 Å². The lowest BCUT2D eigenvalue weighted by Crippen LogP contribution is -2.14. The summed E-state index contributed by atoms with van der Waals surface area (Å²) in [4.78, 5) is 37.0. The molecule has 8 heteroatoms. The fraction of sp³-hybridized carbons (Fsp3) is 0.136. The Morgan fingerprint density at radius 3 is 2.10 bits per heavy atom. The van der Waals surface area contributed by atoms with Gasteiger partial charge in [-0.3, -0.25) is 14.4 Å². The van der Waals surface area contributed by atoms with E-state index in [0.29, 0.717) is 31.9 Å². The molecule has 1 heterocycles. The molecule has 0 unspecified atom stereocenters. The molecule has 0 aliphatic rings. The summed E-state index contributed by atoms with van der Waals surface area (Å²) in [6.45, 7) is 0. The normalized spacial score (nSPS) is 10.3. The van der Waals surface area contributed by atoms with Gasteiger partial charge in [-0.15, -0.1) is 11.3 Å². The molecule has 2 N–H and O–H groups in total. The van der Waals surface area contributed by atoms with Gasteiger partial charge in [-0.05, 0) is 60.7 Å². The Morgan fingerprint density at radius 2 is 1.50 bits per heavy atom. The number of ether oxygens (including phenoxy) is 1. The second-order valence-corrected chi connectivity index (χ2v) is 8.05. The summed E-state index contributed by atoms with van der Waals surface area (Å²) < 4.78 is 5.63. The molecule has 0 radical (unpaired) electrons. The van der Waals surface area contributed by atoms with E-state index in [4.69, 9.17) is 16.3 Å². The molecular weight excluding hydrogens is 424 g/mol. The highest BCUT2D eigenvalue weighted by Crippen LogP contribution is 2.23. The van der Waals surface area contributed by atoms with Crippen molar-refractivity contribution >= 4 is 51.9 Å². The highest BCUT2D eigenvalue weighted by Gasteiger charge is 2.12. The van der Waals surface area contributed by atoms with Crippen LogP contribution in [0.2, 0.25) is 4.34 Å². The van der Waals surface area contributed by atoms with Crippen LogP contribution in [0.5, 0.6) is 5.75 Å². The fourth-order valence-corrected chi connectivity index (χ4v) is 3.63. The molecule has 6 nitrogen and oxygen atoms in total. The van der Waals surface area contributed by atoms with Crippen LogP contribution in [0, 0.1) is 0 Å². The Morgan fingerprint density at radius 1 is 0.867 bits per heavy atom. The van der Waals surface area contributed by atoms with Crippen LogP contribution in [0.3, 0.4) is 0 Å². The van der Waals surface area contributed by atoms with Gasteiger partial charge in [0, 0.05) is 29.8 Å². The van der Waals surface area contributed by atoms with Crippen LogP contribution in [0.15, 0.2) is 60.7 Å². The van der Waals surface area contributed by atoms with Crippen molar-refractivity contribution in [3.63, 3.8) is 0 Å². The summed E-state index contributed by atoms with van der Waals surface area (Å²) in [7, 11) is 1.57. The SMILES string of the molecule is COc1ccc(NC(=O)c2ccc(NC(=O)CCC(=O)c3ccc(Cl)s3)cc2)cc1. The number of carbonyl (C=O) groups is 3. The van der Waals surface area contributed by atoms with Crippen molar-refractivity contribution in [2.45, 2.75) is 12.8 Å². The van der Waals surface area contributed by atoms with Crippen molar-refractivity contribution in [3.05, 3.63) is 75.4 Å². The predicted molar refractivity (Wildman–Crippen MR) is 119 cm³/mol. The number of thiophene rings is 1. The Balaban J connectivity index is 1.50. The van der Waals surface area contributed by atoms with Crippen LogP contribution >= 0.6 is 22.9 Å². The lowest BCUT2D eigenvalue weighted by molar-refractivity contribution is -0.116. The first-order chi connectivity index (χ1) is 14.4. The number of halogens is 1. The summed E-state index contributed by atoms with van der Waals surface area (Å²) in [6.07, 6.45) is 0.166. The molecule has 0 saturated heterocycles. The maximum absolute atomic E-state index is 12.3. The molecule has 0 spiro atoms. The van der Waals surface area contributed by atoms with Gasteiger partial charge in [-0.1, -0.05) is 11.6 Å². The minimum atomic E-state index is -0.276. The van der Waals surface area contributed by atoms with Gasteiger partial charge in [-0.25, -0.2) is 0 Å². The Kier molecular flexibility index (Phi) is 7.21. The quantitative estimate of drug-likeness (QED) is 0.466. The number of nitrogens with one attached hydrogen (secondary N) is 2. The lowest BCUT2D eigenvalue weighted by Gasteiger charge is -2.08. The average molecular weight is 443 g/mol. The van der Waals surface area contributed by atoms with E-state index in [1.807, 2.05) is 0 Å². The van der Waals surface area contributed by atoms with Gasteiger partial charge in [0.25, 0.3) is 5.91 Å². The van der Waals surface area contributed by atoms with Gasteiger partial charge in [0.1, 0.15) is 5.75 Å². The van der Waals surface area contributed by atoms with Crippen LogP contribution < -0.4 is 15.4 Å². The second-order valence-electron chi connectivity index (χ2n) is 6.34. The van der Waals surface area contributed by atoms with Crippen LogP contribution in [-0.2, 0) is 4.79 Å². The van der Waals surface area contributed by atoms with Crippen LogP contribution in [0.25, 0.3) is 0 Å². The largest absolute Gasteiger partial charge is 0.497 e. The van der Waals surface area contributed by atoms with E-state index in [2.05, 4.69) is 10.6 Å². The van der Waals surface area contributed by atoms with Gasteiger partial charge >= 0.3 is 0 Å². The lowest BCUT2D eigenvalue weighted by atomic mass is 10.1. The average Bonchev–Trinajstić information content (AvgIpc) is 3.19. The third-order valence-corrected chi connectivity index (χ3v) is 5.48. The van der Waals surface area contributed by atoms with Crippen molar-refractivity contribution in [3.8, 4) is 5.75 Å².